The molecule has 0 bridgehead atoms. The molecule has 4 rings (SSSR count). The zero-order valence-electron chi connectivity index (χ0n) is 15.8. The van der Waals surface area contributed by atoms with E-state index in [2.05, 4.69) is 5.32 Å². The fourth-order valence-corrected chi connectivity index (χ4v) is 4.31. The van der Waals surface area contributed by atoms with Crippen molar-refractivity contribution in [3.8, 4) is 11.5 Å². The molecule has 0 unspecified atom stereocenters. The molecule has 0 aliphatic carbocycles. The fourth-order valence-electron chi connectivity index (χ4n) is 4.31. The number of likely N-dealkylation sites (tertiary alicyclic amines) is 2. The molecule has 146 valence electrons. The molecule has 3 amide bonds. The van der Waals surface area contributed by atoms with E-state index < -0.39 is 0 Å². The number of nitrogens with zero attached hydrogens (tertiary/aromatic N) is 2. The van der Waals surface area contributed by atoms with Gasteiger partial charge in [0.2, 0.25) is 5.91 Å². The van der Waals surface area contributed by atoms with Gasteiger partial charge in [-0.05, 0) is 31.4 Å². The van der Waals surface area contributed by atoms with E-state index >= 15 is 0 Å². The Kier molecular flexibility index (Phi) is 4.85. The molecule has 1 aromatic rings. The number of para-hydroxylation sites is 2. The van der Waals surface area contributed by atoms with Crippen LogP contribution in [0.3, 0.4) is 0 Å². The molecule has 3 aliphatic rings. The van der Waals surface area contributed by atoms with Gasteiger partial charge in [0.25, 0.3) is 0 Å². The highest BCUT2D eigenvalue weighted by Crippen LogP contribution is 2.37. The van der Waals surface area contributed by atoms with Gasteiger partial charge in [-0.15, -0.1) is 0 Å². The third-order valence-electron chi connectivity index (χ3n) is 6.18. The number of rotatable bonds is 3. The van der Waals surface area contributed by atoms with Gasteiger partial charge in [-0.3, -0.25) is 4.79 Å². The van der Waals surface area contributed by atoms with Gasteiger partial charge in [0, 0.05) is 45.1 Å². The number of nitrogens with one attached hydrogen (secondary N) is 1. The van der Waals surface area contributed by atoms with Crippen LogP contribution in [0.2, 0.25) is 0 Å². The van der Waals surface area contributed by atoms with Crippen molar-refractivity contribution in [2.24, 2.45) is 0 Å². The van der Waals surface area contributed by atoms with Gasteiger partial charge >= 0.3 is 6.03 Å². The number of amides is 3. The average molecular weight is 373 g/mol. The van der Waals surface area contributed by atoms with E-state index in [9.17, 15) is 9.59 Å². The third-order valence-corrected chi connectivity index (χ3v) is 6.18. The number of piperidine rings is 1. The van der Waals surface area contributed by atoms with E-state index in [-0.39, 0.29) is 23.6 Å². The Balaban J connectivity index is 1.20. The van der Waals surface area contributed by atoms with E-state index in [4.69, 9.17) is 9.47 Å². The van der Waals surface area contributed by atoms with Crippen LogP contribution in [0.15, 0.2) is 24.3 Å². The molecule has 1 spiro atoms. The molecule has 2 fully saturated rings. The minimum absolute atomic E-state index is 0.0332. The summed E-state index contributed by atoms with van der Waals surface area (Å²) in [6.07, 6.45) is 3.92. The number of fused-ring (bicyclic) bond motifs is 1. The second-order valence-electron chi connectivity index (χ2n) is 7.68. The quantitative estimate of drug-likeness (QED) is 0.880. The molecular weight excluding hydrogens is 346 g/mol. The second-order valence-corrected chi connectivity index (χ2v) is 7.68. The van der Waals surface area contributed by atoms with Gasteiger partial charge in [0.05, 0.1) is 0 Å². The van der Waals surface area contributed by atoms with Crippen molar-refractivity contribution < 1.29 is 19.1 Å². The summed E-state index contributed by atoms with van der Waals surface area (Å²) in [5.41, 5.74) is -0.0332. The van der Waals surface area contributed by atoms with E-state index in [0.717, 1.165) is 30.8 Å². The maximum Gasteiger partial charge on any atom is 0.317 e. The second kappa shape index (κ2) is 7.29. The molecule has 3 heterocycles. The maximum absolute atomic E-state index is 12.4. The molecule has 2 saturated heterocycles. The summed E-state index contributed by atoms with van der Waals surface area (Å²) in [7, 11) is 1.90. The van der Waals surface area contributed by atoms with Crippen molar-refractivity contribution in [2.75, 3.05) is 33.3 Å². The van der Waals surface area contributed by atoms with Crippen molar-refractivity contribution in [3.63, 3.8) is 0 Å². The Morgan fingerprint density at radius 2 is 1.96 bits per heavy atom. The van der Waals surface area contributed by atoms with Crippen LogP contribution in [0, 0.1) is 0 Å². The Morgan fingerprint density at radius 1 is 1.22 bits per heavy atom. The summed E-state index contributed by atoms with van der Waals surface area (Å²) < 4.78 is 11.6. The number of benzene rings is 1. The number of hydrogen-bond acceptors (Lipinski definition) is 4. The molecule has 27 heavy (non-hydrogen) atoms. The number of hydrogen-bond donors (Lipinski definition) is 1. The zero-order chi connectivity index (χ0) is 18.9. The first-order valence-electron chi connectivity index (χ1n) is 9.75. The van der Waals surface area contributed by atoms with Crippen molar-refractivity contribution in [1.29, 1.82) is 0 Å². The largest absolute Gasteiger partial charge is 0.486 e. The van der Waals surface area contributed by atoms with Gasteiger partial charge < -0.3 is 24.6 Å². The first-order chi connectivity index (χ1) is 13.1. The Morgan fingerprint density at radius 3 is 2.67 bits per heavy atom. The van der Waals surface area contributed by atoms with Crippen LogP contribution >= 0.6 is 0 Å². The van der Waals surface area contributed by atoms with Crippen molar-refractivity contribution in [3.05, 3.63) is 24.3 Å². The number of carbonyl (C=O) groups is 2. The SMILES string of the molecule is CN1C(=O)CCC12CCN(C(=O)NCC[C@H]1COc3ccccc3O1)CC2. The van der Waals surface area contributed by atoms with Gasteiger partial charge in [-0.25, -0.2) is 4.79 Å². The smallest absolute Gasteiger partial charge is 0.317 e. The normalized spacial score (nSPS) is 23.6. The lowest BCUT2D eigenvalue weighted by atomic mass is 9.85. The maximum atomic E-state index is 12.4. The summed E-state index contributed by atoms with van der Waals surface area (Å²) >= 11 is 0. The molecule has 7 nitrogen and oxygen atoms in total. The minimum Gasteiger partial charge on any atom is -0.486 e. The van der Waals surface area contributed by atoms with Crippen LogP contribution in [0.25, 0.3) is 0 Å². The van der Waals surface area contributed by atoms with Crippen LogP contribution in [0.5, 0.6) is 11.5 Å². The third kappa shape index (κ3) is 3.55. The molecular formula is C20H27N3O4. The molecule has 1 N–H and O–H groups in total. The highest BCUT2D eigenvalue weighted by Gasteiger charge is 2.45. The van der Waals surface area contributed by atoms with Gasteiger partial charge in [-0.2, -0.15) is 0 Å². The van der Waals surface area contributed by atoms with Gasteiger partial charge in [-0.1, -0.05) is 12.1 Å². The summed E-state index contributed by atoms with van der Waals surface area (Å²) in [4.78, 5) is 28.1. The fraction of sp³-hybridized carbons (Fsp3) is 0.600. The Labute approximate surface area is 159 Å². The Hall–Kier alpha value is -2.44. The van der Waals surface area contributed by atoms with Crippen molar-refractivity contribution in [1.82, 2.24) is 15.1 Å². The number of ether oxygens (including phenoxy) is 2. The van der Waals surface area contributed by atoms with E-state index in [1.54, 1.807) is 0 Å². The lowest BCUT2D eigenvalue weighted by Crippen LogP contribution is -2.54. The molecule has 0 saturated carbocycles. The predicted molar refractivity (Wildman–Crippen MR) is 99.9 cm³/mol. The van der Waals surface area contributed by atoms with Crippen LogP contribution in [-0.2, 0) is 4.79 Å². The summed E-state index contributed by atoms with van der Waals surface area (Å²) in [6, 6.07) is 7.60. The first-order valence-corrected chi connectivity index (χ1v) is 9.75. The molecule has 7 heteroatoms. The highest BCUT2D eigenvalue weighted by atomic mass is 16.6. The van der Waals surface area contributed by atoms with Crippen LogP contribution in [0.4, 0.5) is 4.79 Å². The molecule has 3 aliphatic heterocycles. The van der Waals surface area contributed by atoms with Gasteiger partial charge in [0.15, 0.2) is 11.5 Å². The molecule has 1 aromatic carbocycles. The summed E-state index contributed by atoms with van der Waals surface area (Å²) in [5.74, 6) is 1.76. The zero-order valence-corrected chi connectivity index (χ0v) is 15.8. The summed E-state index contributed by atoms with van der Waals surface area (Å²) in [6.45, 7) is 2.44. The molecule has 0 aromatic heterocycles. The van der Waals surface area contributed by atoms with E-state index in [0.29, 0.717) is 39.1 Å². The monoisotopic (exact) mass is 373 g/mol. The van der Waals surface area contributed by atoms with Crippen LogP contribution in [-0.4, -0.2) is 66.7 Å². The average Bonchev–Trinajstić information content (AvgIpc) is 2.97. The minimum atomic E-state index is -0.0528. The first kappa shape index (κ1) is 17.9. The van der Waals surface area contributed by atoms with Crippen LogP contribution in [0.1, 0.15) is 32.1 Å². The van der Waals surface area contributed by atoms with Gasteiger partial charge in [0.1, 0.15) is 12.7 Å². The topological polar surface area (TPSA) is 71.1 Å². The lowest BCUT2D eigenvalue weighted by Gasteiger charge is -2.43. The standard InChI is InChI=1S/C20H27N3O4/c1-22-18(24)6-8-20(22)9-12-23(13-10-20)19(25)21-11-7-15-14-26-16-4-2-3-5-17(16)27-15/h2-5,15H,6-14H2,1H3,(H,21,25)/t15-/m0/s1. The molecule has 0 radical (unpaired) electrons. The highest BCUT2D eigenvalue weighted by molar-refractivity contribution is 5.79. The lowest BCUT2D eigenvalue weighted by molar-refractivity contribution is -0.130. The summed E-state index contributed by atoms with van der Waals surface area (Å²) in [5, 5.41) is 2.99. The number of urea groups is 1. The molecule has 1 atom stereocenters. The van der Waals surface area contributed by atoms with Crippen molar-refractivity contribution >= 4 is 11.9 Å². The van der Waals surface area contributed by atoms with E-state index in [1.165, 1.54) is 0 Å². The van der Waals surface area contributed by atoms with Crippen LogP contribution < -0.4 is 14.8 Å². The van der Waals surface area contributed by atoms with E-state index in [1.807, 2.05) is 41.1 Å². The van der Waals surface area contributed by atoms with Crippen molar-refractivity contribution in [2.45, 2.75) is 43.7 Å². The number of carbonyl (C=O) groups excluding carboxylic acids is 2. The Bertz CT molecular complexity index is 715. The predicted octanol–water partition coefficient (Wildman–Crippen LogP) is 2.01.